The Morgan fingerprint density at radius 3 is 2.50 bits per heavy atom. The van der Waals surface area contributed by atoms with Gasteiger partial charge in [-0.25, -0.2) is 0 Å². The molecule has 0 saturated carbocycles. The summed E-state index contributed by atoms with van der Waals surface area (Å²) < 4.78 is 45.3. The van der Waals surface area contributed by atoms with Crippen molar-refractivity contribution < 1.29 is 17.9 Å². The quantitative estimate of drug-likeness (QED) is 0.531. The number of ether oxygens (including phenoxy) is 1. The van der Waals surface area contributed by atoms with Gasteiger partial charge in [0, 0.05) is 11.2 Å². The van der Waals surface area contributed by atoms with Gasteiger partial charge in [-0.15, -0.1) is 10.2 Å². The average Bonchev–Trinajstić information content (AvgIpc) is 3.21. The second kappa shape index (κ2) is 8.42. The number of nitriles is 1. The number of hydrogen-bond acceptors (Lipinski definition) is 6. The lowest BCUT2D eigenvalue weighted by Gasteiger charge is -2.15. The zero-order chi connectivity index (χ0) is 21.9. The van der Waals surface area contributed by atoms with Crippen LogP contribution >= 0.6 is 11.6 Å². The van der Waals surface area contributed by atoms with Crippen LogP contribution in [0.4, 0.5) is 18.9 Å². The summed E-state index contributed by atoms with van der Waals surface area (Å²) in [6.07, 6.45) is -3.39. The molecule has 0 aliphatic carbocycles. The molecule has 11 heteroatoms. The molecule has 0 amide bonds. The third-order valence-electron chi connectivity index (χ3n) is 4.02. The van der Waals surface area contributed by atoms with Gasteiger partial charge >= 0.3 is 6.18 Å². The van der Waals surface area contributed by atoms with E-state index in [2.05, 4.69) is 25.9 Å². The maximum atomic E-state index is 13.2. The van der Waals surface area contributed by atoms with Crippen molar-refractivity contribution in [2.24, 2.45) is 0 Å². The van der Waals surface area contributed by atoms with Crippen molar-refractivity contribution in [1.29, 1.82) is 5.26 Å². The van der Waals surface area contributed by atoms with E-state index in [1.807, 2.05) is 6.07 Å². The number of benzene rings is 2. The fraction of sp³-hybridized carbons (Fsp3) is 0.158. The fourth-order valence-corrected chi connectivity index (χ4v) is 2.68. The van der Waals surface area contributed by atoms with E-state index in [0.29, 0.717) is 10.8 Å². The van der Waals surface area contributed by atoms with Gasteiger partial charge in [-0.05, 0) is 60.5 Å². The highest BCUT2D eigenvalue weighted by Crippen LogP contribution is 2.38. The van der Waals surface area contributed by atoms with E-state index in [1.165, 1.54) is 12.3 Å². The Hall–Kier alpha value is -3.58. The Morgan fingerprint density at radius 2 is 1.93 bits per heavy atom. The number of nitrogens with one attached hydrogen (secondary N) is 2. The summed E-state index contributed by atoms with van der Waals surface area (Å²) in [5.41, 5.74) is 0.595. The number of nitrogens with zero attached hydrogens (tertiary/aromatic N) is 4. The summed E-state index contributed by atoms with van der Waals surface area (Å²) in [6.45, 7) is 3.59. The number of H-pyrrole nitrogens is 1. The first kappa shape index (κ1) is 21.1. The molecule has 30 heavy (non-hydrogen) atoms. The van der Waals surface area contributed by atoms with Crippen molar-refractivity contribution in [3.05, 3.63) is 64.1 Å². The minimum Gasteiger partial charge on any atom is -0.455 e. The lowest BCUT2D eigenvalue weighted by Crippen LogP contribution is -2.06. The SMILES string of the molecule is Cc1cc(Oc2ccc(C(F)(F)F)cc2NC=C(C#N)c2nn[nH]n2)cc(C)c1Cl. The normalized spacial score (nSPS) is 11.8. The molecule has 3 aromatic rings. The van der Waals surface area contributed by atoms with Gasteiger partial charge in [0.25, 0.3) is 0 Å². The van der Waals surface area contributed by atoms with Gasteiger partial charge in [0.1, 0.15) is 17.4 Å². The predicted molar refractivity (Wildman–Crippen MR) is 104 cm³/mol. The number of rotatable bonds is 5. The molecule has 0 aliphatic rings. The van der Waals surface area contributed by atoms with E-state index in [9.17, 15) is 18.4 Å². The monoisotopic (exact) mass is 434 g/mol. The van der Waals surface area contributed by atoms with Gasteiger partial charge in [-0.2, -0.15) is 23.6 Å². The average molecular weight is 435 g/mol. The number of tetrazole rings is 1. The molecule has 7 nitrogen and oxygen atoms in total. The number of allylic oxidation sites excluding steroid dienone is 1. The number of hydrogen-bond donors (Lipinski definition) is 2. The van der Waals surface area contributed by atoms with Crippen LogP contribution in [0, 0.1) is 25.2 Å². The second-order valence-corrected chi connectivity index (χ2v) is 6.61. The summed E-state index contributed by atoms with van der Waals surface area (Å²) in [7, 11) is 0. The number of aromatic amines is 1. The fourth-order valence-electron chi connectivity index (χ4n) is 2.57. The Kier molecular flexibility index (Phi) is 5.94. The molecule has 2 aromatic carbocycles. The van der Waals surface area contributed by atoms with Crippen LogP contribution < -0.4 is 10.1 Å². The number of aryl methyl sites for hydroxylation is 2. The Bertz CT molecular complexity index is 1110. The number of halogens is 4. The first-order valence-electron chi connectivity index (χ1n) is 8.45. The van der Waals surface area contributed by atoms with E-state index in [1.54, 1.807) is 26.0 Å². The Morgan fingerprint density at radius 1 is 1.23 bits per heavy atom. The summed E-state index contributed by atoms with van der Waals surface area (Å²) in [4.78, 5) is 0. The molecule has 0 fully saturated rings. The van der Waals surface area contributed by atoms with Crippen molar-refractivity contribution in [1.82, 2.24) is 20.6 Å². The molecule has 154 valence electrons. The highest BCUT2D eigenvalue weighted by molar-refractivity contribution is 6.32. The lowest BCUT2D eigenvalue weighted by atomic mass is 10.1. The predicted octanol–water partition coefficient (Wildman–Crippen LogP) is 5.26. The molecule has 0 atom stereocenters. The van der Waals surface area contributed by atoms with Crippen LogP contribution in [0.15, 0.2) is 36.5 Å². The summed E-state index contributed by atoms with van der Waals surface area (Å²) in [5.74, 6) is 0.508. The molecular weight excluding hydrogens is 421 g/mol. The Labute approximate surface area is 174 Å². The smallest absolute Gasteiger partial charge is 0.416 e. The molecule has 1 heterocycles. The van der Waals surface area contributed by atoms with Gasteiger partial charge in [-0.1, -0.05) is 11.6 Å². The Balaban J connectivity index is 2.00. The van der Waals surface area contributed by atoms with Crippen LogP contribution in [-0.4, -0.2) is 20.6 Å². The van der Waals surface area contributed by atoms with Crippen LogP contribution in [0.3, 0.4) is 0 Å². The first-order valence-corrected chi connectivity index (χ1v) is 8.83. The summed E-state index contributed by atoms with van der Waals surface area (Å²) in [5, 5.41) is 25.4. The second-order valence-electron chi connectivity index (χ2n) is 6.23. The van der Waals surface area contributed by atoms with Gasteiger partial charge in [0.2, 0.25) is 5.82 Å². The topological polar surface area (TPSA) is 99.5 Å². The van der Waals surface area contributed by atoms with E-state index in [4.69, 9.17) is 16.3 Å². The van der Waals surface area contributed by atoms with Crippen LogP contribution in [0.25, 0.3) is 5.57 Å². The van der Waals surface area contributed by atoms with E-state index in [0.717, 1.165) is 23.3 Å². The molecule has 0 aliphatic heterocycles. The number of anilines is 1. The van der Waals surface area contributed by atoms with Gasteiger partial charge in [0.15, 0.2) is 5.75 Å². The number of alkyl halides is 3. The third-order valence-corrected chi connectivity index (χ3v) is 4.62. The van der Waals surface area contributed by atoms with Gasteiger partial charge < -0.3 is 10.1 Å². The highest BCUT2D eigenvalue weighted by Gasteiger charge is 2.31. The van der Waals surface area contributed by atoms with Crippen molar-refractivity contribution in [2.45, 2.75) is 20.0 Å². The molecule has 0 bridgehead atoms. The summed E-state index contributed by atoms with van der Waals surface area (Å²) in [6, 6.07) is 8.17. The molecule has 0 spiro atoms. The first-order chi connectivity index (χ1) is 14.2. The zero-order valence-corrected chi connectivity index (χ0v) is 16.4. The summed E-state index contributed by atoms with van der Waals surface area (Å²) >= 11 is 6.15. The molecule has 1 aromatic heterocycles. The maximum absolute atomic E-state index is 13.2. The van der Waals surface area contributed by atoms with Crippen LogP contribution in [-0.2, 0) is 6.18 Å². The zero-order valence-electron chi connectivity index (χ0n) is 15.7. The minimum atomic E-state index is -4.56. The standard InChI is InChI=1S/C19H14ClF3N6O/c1-10-5-14(6-11(2)17(10)20)30-16-4-3-13(19(21,22)23)7-15(16)25-9-12(8-24)18-26-28-29-27-18/h3-7,9,25H,1-2H3,(H,26,27,28,29). The molecule has 2 N–H and O–H groups in total. The molecule has 0 unspecified atom stereocenters. The van der Waals surface area contributed by atoms with E-state index in [-0.39, 0.29) is 22.8 Å². The van der Waals surface area contributed by atoms with E-state index >= 15 is 0 Å². The molecule has 0 radical (unpaired) electrons. The van der Waals surface area contributed by atoms with Crippen molar-refractivity contribution in [2.75, 3.05) is 5.32 Å². The molecular formula is C19H14ClF3N6O. The number of aromatic nitrogens is 4. The van der Waals surface area contributed by atoms with Crippen LogP contribution in [0.1, 0.15) is 22.5 Å². The molecule has 0 saturated heterocycles. The van der Waals surface area contributed by atoms with Gasteiger partial charge in [-0.3, -0.25) is 0 Å². The lowest BCUT2D eigenvalue weighted by molar-refractivity contribution is -0.137. The third kappa shape index (κ3) is 4.69. The van der Waals surface area contributed by atoms with Crippen molar-refractivity contribution >= 4 is 22.9 Å². The van der Waals surface area contributed by atoms with Crippen LogP contribution in [0.2, 0.25) is 5.02 Å². The largest absolute Gasteiger partial charge is 0.455 e. The molecule has 3 rings (SSSR count). The van der Waals surface area contributed by atoms with Gasteiger partial charge in [0.05, 0.1) is 11.3 Å². The van der Waals surface area contributed by atoms with Crippen molar-refractivity contribution in [3.8, 4) is 17.6 Å². The maximum Gasteiger partial charge on any atom is 0.416 e. The minimum absolute atomic E-state index is 0.00803. The van der Waals surface area contributed by atoms with Crippen molar-refractivity contribution in [3.63, 3.8) is 0 Å². The van der Waals surface area contributed by atoms with E-state index < -0.39 is 11.7 Å². The highest BCUT2D eigenvalue weighted by atomic mass is 35.5. The van der Waals surface area contributed by atoms with Crippen LogP contribution in [0.5, 0.6) is 11.5 Å².